The van der Waals surface area contributed by atoms with Crippen molar-refractivity contribution < 1.29 is 33.0 Å². The van der Waals surface area contributed by atoms with Gasteiger partial charge in [-0.3, -0.25) is 0 Å². The molecule has 0 radical (unpaired) electrons. The fraction of sp³-hybridized carbons (Fsp3) is 0. The first-order valence-corrected chi connectivity index (χ1v) is 9.01. The minimum atomic E-state index is 0. The van der Waals surface area contributed by atoms with Gasteiger partial charge in [0.05, 0.1) is 10.0 Å². The zero-order valence-corrected chi connectivity index (χ0v) is 20.5. The van der Waals surface area contributed by atoms with Gasteiger partial charge in [0.2, 0.25) is 0 Å². The first-order valence-electron chi connectivity index (χ1n) is 5.11. The van der Waals surface area contributed by atoms with Crippen LogP contribution < -0.4 is 0 Å². The molecule has 12 heteroatoms. The number of rotatable bonds is 0. The van der Waals surface area contributed by atoms with Crippen molar-refractivity contribution in [2.24, 2.45) is 0 Å². The molecule has 0 bridgehead atoms. The molecule has 0 spiro atoms. The van der Waals surface area contributed by atoms with Crippen molar-refractivity contribution in [3.05, 3.63) is 42.3 Å². The SMILES string of the molecule is [Ni+2].[Ni+2].[S-]c1c(Cl)cc(Cl)c(Cl)c1[S-].[S-]c1c(Cl)cc(Cl)c(Cl)c1[S-]. The number of benzene rings is 2. The minimum Gasteiger partial charge on any atom is -0.780 e. The predicted molar refractivity (Wildman–Crippen MR) is 105 cm³/mol. The molecule has 0 saturated heterocycles. The summed E-state index contributed by atoms with van der Waals surface area (Å²) < 4.78 is 0. The van der Waals surface area contributed by atoms with E-state index in [0.717, 1.165) is 0 Å². The van der Waals surface area contributed by atoms with Crippen LogP contribution in [0.1, 0.15) is 0 Å². The first kappa shape index (κ1) is 28.3. The Hall–Kier alpha value is 2.05. The summed E-state index contributed by atoms with van der Waals surface area (Å²) in [7, 11) is 0. The molecule has 24 heavy (non-hydrogen) atoms. The summed E-state index contributed by atoms with van der Waals surface area (Å²) in [5, 5.41) is 2.04. The van der Waals surface area contributed by atoms with E-state index in [4.69, 9.17) is 120 Å². The second-order valence-corrected chi connectivity index (χ2v) is 7.64. The molecule has 0 amide bonds. The van der Waals surface area contributed by atoms with Crippen LogP contribution in [0.2, 0.25) is 30.1 Å². The first-order chi connectivity index (χ1) is 10.1. The molecule has 0 nitrogen and oxygen atoms in total. The topological polar surface area (TPSA) is 0 Å². The molecule has 136 valence electrons. The molecular weight excluding hydrogens is 603 g/mol. The second kappa shape index (κ2) is 12.5. The van der Waals surface area contributed by atoms with Gasteiger partial charge in [-0.1, -0.05) is 69.6 Å². The van der Waals surface area contributed by atoms with Crippen molar-refractivity contribution in [1.82, 2.24) is 0 Å². The van der Waals surface area contributed by atoms with Crippen molar-refractivity contribution in [3.8, 4) is 0 Å². The Morgan fingerprint density at radius 3 is 0.958 bits per heavy atom. The smallest absolute Gasteiger partial charge is 0.780 e. The molecule has 0 aliphatic rings. The van der Waals surface area contributed by atoms with Crippen LogP contribution in [0.5, 0.6) is 0 Å². The summed E-state index contributed by atoms with van der Waals surface area (Å²) in [6.45, 7) is 0. The van der Waals surface area contributed by atoms with Gasteiger partial charge >= 0.3 is 33.0 Å². The van der Waals surface area contributed by atoms with E-state index in [1.165, 1.54) is 12.1 Å². The summed E-state index contributed by atoms with van der Waals surface area (Å²) in [6.07, 6.45) is 0. The summed E-state index contributed by atoms with van der Waals surface area (Å²) >= 11 is 53.5. The van der Waals surface area contributed by atoms with Crippen LogP contribution in [0.15, 0.2) is 31.7 Å². The average Bonchev–Trinajstić information content (AvgIpc) is 2.47. The molecule has 0 unspecified atom stereocenters. The normalized spacial score (nSPS) is 9.25. The Morgan fingerprint density at radius 1 is 0.458 bits per heavy atom. The molecule has 2 aromatic carbocycles. The van der Waals surface area contributed by atoms with E-state index >= 15 is 0 Å². The minimum absolute atomic E-state index is 0. The van der Waals surface area contributed by atoms with Crippen LogP contribution in [0.3, 0.4) is 0 Å². The average molecular weight is 605 g/mol. The summed E-state index contributed by atoms with van der Waals surface area (Å²) in [5.74, 6) is 0. The number of hydrogen-bond acceptors (Lipinski definition) is 4. The summed E-state index contributed by atoms with van der Waals surface area (Å²) in [5.41, 5.74) is 0. The summed E-state index contributed by atoms with van der Waals surface area (Å²) in [6, 6.07) is 2.98. The molecule has 0 saturated carbocycles. The van der Waals surface area contributed by atoms with E-state index in [0.29, 0.717) is 49.7 Å². The van der Waals surface area contributed by atoms with Gasteiger partial charge in [0.1, 0.15) is 0 Å². The van der Waals surface area contributed by atoms with Gasteiger partial charge in [-0.05, 0) is 12.1 Å². The Bertz CT molecular complexity index is 616. The van der Waals surface area contributed by atoms with Crippen molar-refractivity contribution in [2.75, 3.05) is 0 Å². The van der Waals surface area contributed by atoms with Gasteiger partial charge in [0.15, 0.2) is 0 Å². The monoisotopic (exact) mass is 600 g/mol. The third-order valence-electron chi connectivity index (χ3n) is 2.17. The predicted octanol–water partition coefficient (Wildman–Crippen LogP) is 6.91. The summed E-state index contributed by atoms with van der Waals surface area (Å²) in [4.78, 5) is 1.46. The largest absolute Gasteiger partial charge is 2.00 e. The van der Waals surface area contributed by atoms with E-state index in [-0.39, 0.29) is 33.0 Å². The molecule has 0 atom stereocenters. The van der Waals surface area contributed by atoms with Gasteiger partial charge in [-0.2, -0.15) is 19.6 Å². The number of halogens is 6. The van der Waals surface area contributed by atoms with E-state index in [1.54, 1.807) is 0 Å². The van der Waals surface area contributed by atoms with Gasteiger partial charge in [0.25, 0.3) is 0 Å². The molecule has 2 aromatic rings. The molecule has 0 aromatic heterocycles. The standard InChI is InChI=1S/2C6H3Cl3S2.2Ni/c2*7-2-1-3(8)5(10)6(11)4(2)9;;/h2*1,10-11H;;/q;;2*+2/p-4. The van der Waals surface area contributed by atoms with E-state index in [1.807, 2.05) is 0 Å². The molecule has 0 aliphatic heterocycles. The third kappa shape index (κ3) is 7.22. The van der Waals surface area contributed by atoms with Crippen LogP contribution >= 0.6 is 69.6 Å². The quantitative estimate of drug-likeness (QED) is 0.182. The van der Waals surface area contributed by atoms with Gasteiger partial charge in [-0.25, -0.2) is 0 Å². The Morgan fingerprint density at radius 2 is 0.708 bits per heavy atom. The molecule has 0 heterocycles. The maximum Gasteiger partial charge on any atom is 2.00 e. The maximum absolute atomic E-state index is 5.69. The van der Waals surface area contributed by atoms with E-state index in [9.17, 15) is 0 Å². The van der Waals surface area contributed by atoms with E-state index in [2.05, 4.69) is 0 Å². The zero-order valence-electron chi connectivity index (χ0n) is 10.7. The molecule has 2 rings (SSSR count). The van der Waals surface area contributed by atoms with Gasteiger partial charge in [0, 0.05) is 20.1 Å². The Labute approximate surface area is 212 Å². The van der Waals surface area contributed by atoms with Crippen LogP contribution in [-0.2, 0) is 83.5 Å². The van der Waals surface area contributed by atoms with Crippen molar-refractivity contribution in [2.45, 2.75) is 19.6 Å². The zero-order chi connectivity index (χ0) is 17.2. The molecular formula is C12H2Cl6Ni2S4. The molecule has 0 fully saturated rings. The fourth-order valence-corrected chi connectivity index (χ4v) is 3.44. The van der Waals surface area contributed by atoms with Crippen molar-refractivity contribution >= 4 is 120 Å². The van der Waals surface area contributed by atoms with Crippen LogP contribution in [0, 0.1) is 0 Å². The Balaban J connectivity index is 0. The fourth-order valence-electron chi connectivity index (χ4n) is 1.11. The van der Waals surface area contributed by atoms with Crippen LogP contribution in [0.4, 0.5) is 0 Å². The Kier molecular flexibility index (Phi) is 14.7. The molecule has 0 aliphatic carbocycles. The van der Waals surface area contributed by atoms with E-state index < -0.39 is 0 Å². The van der Waals surface area contributed by atoms with Gasteiger partial charge in [-0.15, -0.1) is 0 Å². The van der Waals surface area contributed by atoms with Crippen molar-refractivity contribution in [3.63, 3.8) is 0 Å². The van der Waals surface area contributed by atoms with Crippen LogP contribution in [0.25, 0.3) is 0 Å². The number of hydrogen-bond donors (Lipinski definition) is 0. The van der Waals surface area contributed by atoms with Gasteiger partial charge < -0.3 is 50.5 Å². The molecule has 0 N–H and O–H groups in total. The van der Waals surface area contributed by atoms with Crippen molar-refractivity contribution in [1.29, 1.82) is 0 Å². The van der Waals surface area contributed by atoms with Crippen LogP contribution in [-0.4, -0.2) is 0 Å². The third-order valence-corrected chi connectivity index (χ3v) is 6.71. The second-order valence-electron chi connectivity index (χ2n) is 3.62. The maximum atomic E-state index is 5.69.